The van der Waals surface area contributed by atoms with Crippen molar-refractivity contribution in [2.24, 2.45) is 0 Å². The zero-order chi connectivity index (χ0) is 19.7. The fourth-order valence-corrected chi connectivity index (χ4v) is 4.82. The van der Waals surface area contributed by atoms with E-state index in [4.69, 9.17) is 0 Å². The number of anilines is 1. The van der Waals surface area contributed by atoms with Crippen LogP contribution in [-0.4, -0.2) is 24.6 Å². The zero-order valence-corrected chi connectivity index (χ0v) is 16.1. The molecule has 27 heavy (non-hydrogen) atoms. The van der Waals surface area contributed by atoms with Crippen molar-refractivity contribution in [3.8, 4) is 10.6 Å². The van der Waals surface area contributed by atoms with E-state index in [1.165, 1.54) is 23.9 Å². The Morgan fingerprint density at radius 2 is 1.93 bits per heavy atom. The molecule has 0 radical (unpaired) electrons. The van der Waals surface area contributed by atoms with E-state index in [9.17, 15) is 21.6 Å². The fraction of sp³-hybridized carbons (Fsp3) is 0.125. The van der Waals surface area contributed by atoms with Gasteiger partial charge in [-0.1, -0.05) is 17.8 Å². The summed E-state index contributed by atoms with van der Waals surface area (Å²) in [6.07, 6.45) is -1.16. The number of nitrogens with one attached hydrogen (secondary N) is 1. The Kier molecular flexibility index (Phi) is 5.45. The van der Waals surface area contributed by atoms with Crippen LogP contribution in [-0.2, 0) is 16.2 Å². The second-order valence-electron chi connectivity index (χ2n) is 5.23. The summed E-state index contributed by atoms with van der Waals surface area (Å²) in [6.45, 7) is 0. The minimum Gasteiger partial charge on any atom is -0.279 e. The number of hydrogen-bond acceptors (Lipinski definition) is 6. The lowest BCUT2D eigenvalue weighted by atomic mass is 10.2. The molecule has 5 nitrogen and oxygen atoms in total. The Bertz CT molecular complexity index is 1070. The van der Waals surface area contributed by atoms with Crippen LogP contribution in [0.15, 0.2) is 58.0 Å². The van der Waals surface area contributed by atoms with E-state index in [0.717, 1.165) is 29.5 Å². The molecule has 0 saturated heterocycles. The molecule has 2 heterocycles. The highest BCUT2D eigenvalue weighted by atomic mass is 32.2. The van der Waals surface area contributed by atoms with Gasteiger partial charge in [0, 0.05) is 11.9 Å². The van der Waals surface area contributed by atoms with Crippen molar-refractivity contribution in [2.45, 2.75) is 15.5 Å². The van der Waals surface area contributed by atoms with Crippen LogP contribution < -0.4 is 4.72 Å². The summed E-state index contributed by atoms with van der Waals surface area (Å²) < 4.78 is 65.5. The highest BCUT2D eigenvalue weighted by molar-refractivity contribution is 7.98. The first-order valence-corrected chi connectivity index (χ1v) is 10.9. The average molecular weight is 431 g/mol. The van der Waals surface area contributed by atoms with Gasteiger partial charge in [0.2, 0.25) is 0 Å². The summed E-state index contributed by atoms with van der Waals surface area (Å²) >= 11 is 2.32. The number of rotatable bonds is 5. The van der Waals surface area contributed by atoms with E-state index in [2.05, 4.69) is 14.7 Å². The quantitative estimate of drug-likeness (QED) is 0.466. The monoisotopic (exact) mass is 431 g/mol. The SMILES string of the molecule is CSc1nccc(-c2ccc(S(=O)(=O)Nc3cccc(C(F)(F)F)c3)s2)n1. The Morgan fingerprint density at radius 3 is 2.63 bits per heavy atom. The third kappa shape index (κ3) is 4.60. The van der Waals surface area contributed by atoms with Crippen LogP contribution in [0.1, 0.15) is 5.56 Å². The molecule has 0 aliphatic heterocycles. The zero-order valence-electron chi connectivity index (χ0n) is 13.7. The highest BCUT2D eigenvalue weighted by Crippen LogP contribution is 2.33. The molecule has 0 amide bonds. The van der Waals surface area contributed by atoms with Gasteiger partial charge in [0.05, 0.1) is 16.1 Å². The van der Waals surface area contributed by atoms with Crippen LogP contribution in [0.4, 0.5) is 18.9 Å². The van der Waals surface area contributed by atoms with Crippen molar-refractivity contribution in [2.75, 3.05) is 11.0 Å². The second kappa shape index (κ2) is 7.49. The van der Waals surface area contributed by atoms with Crippen LogP contribution in [0.5, 0.6) is 0 Å². The Morgan fingerprint density at radius 1 is 1.15 bits per heavy atom. The number of aromatic nitrogens is 2. The largest absolute Gasteiger partial charge is 0.416 e. The molecule has 0 atom stereocenters. The molecule has 142 valence electrons. The number of hydrogen-bond donors (Lipinski definition) is 1. The lowest BCUT2D eigenvalue weighted by Crippen LogP contribution is -2.12. The standard InChI is InChI=1S/C16H12F3N3O2S3/c1-25-15-20-8-7-12(21-15)13-5-6-14(26-13)27(23,24)22-11-4-2-3-10(9-11)16(17,18)19/h2-9,22H,1H3. The lowest BCUT2D eigenvalue weighted by molar-refractivity contribution is -0.137. The maximum absolute atomic E-state index is 12.8. The van der Waals surface area contributed by atoms with E-state index in [1.807, 2.05) is 6.26 Å². The fourth-order valence-electron chi connectivity index (χ4n) is 2.14. The van der Waals surface area contributed by atoms with Crippen LogP contribution in [0.3, 0.4) is 0 Å². The molecule has 0 saturated carbocycles. The lowest BCUT2D eigenvalue weighted by Gasteiger charge is -2.10. The maximum atomic E-state index is 12.8. The summed E-state index contributed by atoms with van der Waals surface area (Å²) in [5.74, 6) is 0. The summed E-state index contributed by atoms with van der Waals surface area (Å²) in [5.41, 5.74) is -0.522. The molecular weight excluding hydrogens is 419 g/mol. The summed E-state index contributed by atoms with van der Waals surface area (Å²) in [7, 11) is -4.03. The van der Waals surface area contributed by atoms with Gasteiger partial charge in [0.15, 0.2) is 5.16 Å². The number of alkyl halides is 3. The Hall–Kier alpha value is -2.11. The van der Waals surface area contributed by atoms with Crippen LogP contribution in [0.2, 0.25) is 0 Å². The number of benzene rings is 1. The van der Waals surface area contributed by atoms with Crippen molar-refractivity contribution in [3.63, 3.8) is 0 Å². The third-order valence-electron chi connectivity index (χ3n) is 3.36. The number of halogens is 3. The molecule has 0 aliphatic carbocycles. The van der Waals surface area contributed by atoms with E-state index in [0.29, 0.717) is 15.7 Å². The summed E-state index contributed by atoms with van der Waals surface area (Å²) in [5, 5.41) is 0.549. The van der Waals surface area contributed by atoms with Crippen molar-refractivity contribution in [1.29, 1.82) is 0 Å². The molecule has 2 aromatic heterocycles. The molecule has 0 spiro atoms. The van der Waals surface area contributed by atoms with Gasteiger partial charge in [-0.05, 0) is 42.7 Å². The van der Waals surface area contributed by atoms with Gasteiger partial charge in [-0.25, -0.2) is 18.4 Å². The van der Waals surface area contributed by atoms with E-state index < -0.39 is 21.8 Å². The first-order chi connectivity index (χ1) is 12.7. The third-order valence-corrected chi connectivity index (χ3v) is 6.90. The van der Waals surface area contributed by atoms with Crippen LogP contribution in [0, 0.1) is 0 Å². The summed E-state index contributed by atoms with van der Waals surface area (Å²) in [6, 6.07) is 8.67. The Labute approximate surface area is 161 Å². The van der Waals surface area contributed by atoms with Gasteiger partial charge in [-0.3, -0.25) is 4.72 Å². The van der Waals surface area contributed by atoms with Crippen LogP contribution >= 0.6 is 23.1 Å². The number of sulfonamides is 1. The molecule has 0 aliphatic rings. The molecule has 1 aromatic carbocycles. The molecule has 0 unspecified atom stereocenters. The van der Waals surface area contributed by atoms with Gasteiger partial charge in [-0.15, -0.1) is 11.3 Å². The molecule has 11 heteroatoms. The summed E-state index contributed by atoms with van der Waals surface area (Å²) in [4.78, 5) is 8.97. The topological polar surface area (TPSA) is 72.0 Å². The minimum absolute atomic E-state index is 0.0285. The van der Waals surface area contributed by atoms with Gasteiger partial charge >= 0.3 is 6.18 Å². The second-order valence-corrected chi connectivity index (χ2v) is 9.00. The van der Waals surface area contributed by atoms with Crippen molar-refractivity contribution < 1.29 is 21.6 Å². The van der Waals surface area contributed by atoms with Gasteiger partial charge in [0.1, 0.15) is 4.21 Å². The van der Waals surface area contributed by atoms with Crippen molar-refractivity contribution in [3.05, 3.63) is 54.2 Å². The molecule has 3 aromatic rings. The molecule has 0 fully saturated rings. The first kappa shape index (κ1) is 19.6. The predicted molar refractivity (Wildman–Crippen MR) is 99.4 cm³/mol. The van der Waals surface area contributed by atoms with Crippen LogP contribution in [0.25, 0.3) is 10.6 Å². The van der Waals surface area contributed by atoms with Gasteiger partial charge in [-0.2, -0.15) is 13.2 Å². The molecule has 1 N–H and O–H groups in total. The van der Waals surface area contributed by atoms with Gasteiger partial charge < -0.3 is 0 Å². The molecule has 3 rings (SSSR count). The Balaban J connectivity index is 1.87. The smallest absolute Gasteiger partial charge is 0.279 e. The van der Waals surface area contributed by atoms with E-state index in [-0.39, 0.29) is 9.90 Å². The minimum atomic E-state index is -4.56. The van der Waals surface area contributed by atoms with Gasteiger partial charge in [0.25, 0.3) is 10.0 Å². The van der Waals surface area contributed by atoms with Crippen molar-refractivity contribution in [1.82, 2.24) is 9.97 Å². The first-order valence-electron chi connectivity index (χ1n) is 7.36. The van der Waals surface area contributed by atoms with Crippen molar-refractivity contribution >= 4 is 38.8 Å². The molecular formula is C16H12F3N3O2S3. The molecule has 0 bridgehead atoms. The maximum Gasteiger partial charge on any atom is 0.416 e. The average Bonchev–Trinajstić information content (AvgIpc) is 3.12. The number of thiophene rings is 1. The predicted octanol–water partition coefficient (Wildman–Crippen LogP) is 4.75. The number of thioether (sulfide) groups is 1. The van der Waals surface area contributed by atoms with E-state index in [1.54, 1.807) is 18.3 Å². The normalized spacial score (nSPS) is 12.1. The highest BCUT2D eigenvalue weighted by Gasteiger charge is 2.30. The van der Waals surface area contributed by atoms with E-state index >= 15 is 0 Å². The number of nitrogens with zero attached hydrogens (tertiary/aromatic N) is 2.